The van der Waals surface area contributed by atoms with Crippen molar-refractivity contribution in [3.05, 3.63) is 29.8 Å². The monoisotopic (exact) mass is 323 g/mol. The SMILES string of the molecule is CC1=NC(=O)NC(=O)C1S(=O)(=O)Nc1ccc(C(C)C)cc1. The number of imide groups is 1. The number of carbonyl (C=O) groups is 2. The number of hydrogen-bond acceptors (Lipinski definition) is 4. The van der Waals surface area contributed by atoms with Crippen LogP contribution in [0.2, 0.25) is 0 Å². The smallest absolute Gasteiger partial charge is 0.283 e. The molecule has 118 valence electrons. The zero-order valence-corrected chi connectivity index (χ0v) is 13.3. The topological polar surface area (TPSA) is 105 Å². The number of sulfonamides is 1. The van der Waals surface area contributed by atoms with Crippen molar-refractivity contribution in [3.63, 3.8) is 0 Å². The first kappa shape index (κ1) is 16.2. The molecule has 1 aliphatic heterocycles. The summed E-state index contributed by atoms with van der Waals surface area (Å²) >= 11 is 0. The predicted octanol–water partition coefficient (Wildman–Crippen LogP) is 1.63. The molecule has 0 bridgehead atoms. The minimum Gasteiger partial charge on any atom is -0.283 e. The number of carbonyl (C=O) groups excluding carboxylic acids is 2. The molecule has 1 aliphatic rings. The lowest BCUT2D eigenvalue weighted by atomic mass is 10.0. The summed E-state index contributed by atoms with van der Waals surface area (Å²) in [4.78, 5) is 26.3. The van der Waals surface area contributed by atoms with Gasteiger partial charge in [-0.05, 0) is 30.5 Å². The van der Waals surface area contributed by atoms with E-state index in [0.717, 1.165) is 5.56 Å². The molecule has 0 spiro atoms. The van der Waals surface area contributed by atoms with Crippen molar-refractivity contribution in [2.45, 2.75) is 31.9 Å². The Morgan fingerprint density at radius 1 is 1.18 bits per heavy atom. The first-order chi connectivity index (χ1) is 10.2. The molecule has 1 unspecified atom stereocenters. The van der Waals surface area contributed by atoms with Crippen LogP contribution in [0.1, 0.15) is 32.3 Å². The van der Waals surface area contributed by atoms with Crippen LogP contribution in [0.4, 0.5) is 10.5 Å². The standard InChI is InChI=1S/C14H17N3O4S/c1-8(2)10-4-6-11(7-5-10)17-22(20,21)12-9(3)15-14(19)16-13(12)18/h4-8,12,17H,1-3H3,(H,16,18,19). The molecule has 0 saturated heterocycles. The number of hydrogen-bond donors (Lipinski definition) is 2. The van der Waals surface area contributed by atoms with E-state index in [1.165, 1.54) is 6.92 Å². The van der Waals surface area contributed by atoms with E-state index in [1.807, 2.05) is 31.3 Å². The van der Waals surface area contributed by atoms with Gasteiger partial charge in [-0.25, -0.2) is 18.2 Å². The van der Waals surface area contributed by atoms with E-state index in [-0.39, 0.29) is 5.71 Å². The summed E-state index contributed by atoms with van der Waals surface area (Å²) in [6.07, 6.45) is 0. The molecule has 8 heteroatoms. The predicted molar refractivity (Wildman–Crippen MR) is 83.5 cm³/mol. The molecule has 1 aromatic carbocycles. The maximum Gasteiger partial charge on any atom is 0.347 e. The van der Waals surface area contributed by atoms with E-state index >= 15 is 0 Å². The Hall–Kier alpha value is -2.22. The molecule has 7 nitrogen and oxygen atoms in total. The number of aliphatic imine (C=N–C) groups is 1. The van der Waals surface area contributed by atoms with Crippen LogP contribution in [0.5, 0.6) is 0 Å². The minimum absolute atomic E-state index is 0.0555. The van der Waals surface area contributed by atoms with Gasteiger partial charge in [0.25, 0.3) is 5.91 Å². The van der Waals surface area contributed by atoms with Gasteiger partial charge in [-0.15, -0.1) is 0 Å². The Morgan fingerprint density at radius 2 is 1.77 bits per heavy atom. The number of urea groups is 1. The molecule has 0 saturated carbocycles. The van der Waals surface area contributed by atoms with Crippen molar-refractivity contribution in [1.82, 2.24) is 5.32 Å². The maximum atomic E-state index is 12.3. The van der Waals surface area contributed by atoms with Crippen molar-refractivity contribution in [2.75, 3.05) is 4.72 Å². The lowest BCUT2D eigenvalue weighted by Gasteiger charge is -2.20. The molecule has 3 amide bonds. The fraction of sp³-hybridized carbons (Fsp3) is 0.357. The van der Waals surface area contributed by atoms with Gasteiger partial charge in [-0.2, -0.15) is 0 Å². The van der Waals surface area contributed by atoms with Crippen molar-refractivity contribution in [1.29, 1.82) is 0 Å². The Kier molecular flexibility index (Phi) is 4.32. The molecule has 1 atom stereocenters. The van der Waals surface area contributed by atoms with Gasteiger partial charge >= 0.3 is 6.03 Å². The number of anilines is 1. The molecular weight excluding hydrogens is 306 g/mol. The number of amides is 3. The lowest BCUT2D eigenvalue weighted by molar-refractivity contribution is -0.118. The third-order valence-electron chi connectivity index (χ3n) is 3.27. The third-order valence-corrected chi connectivity index (χ3v) is 4.97. The molecule has 1 heterocycles. The first-order valence-electron chi connectivity index (χ1n) is 6.72. The number of rotatable bonds is 4. The Morgan fingerprint density at radius 3 is 2.27 bits per heavy atom. The highest BCUT2D eigenvalue weighted by atomic mass is 32.2. The van der Waals surface area contributed by atoms with Crippen LogP contribution in [-0.4, -0.2) is 31.3 Å². The zero-order valence-electron chi connectivity index (χ0n) is 12.5. The van der Waals surface area contributed by atoms with E-state index in [1.54, 1.807) is 12.1 Å². The maximum absolute atomic E-state index is 12.3. The van der Waals surface area contributed by atoms with E-state index in [9.17, 15) is 18.0 Å². The normalized spacial score (nSPS) is 18.9. The molecule has 0 aromatic heterocycles. The van der Waals surface area contributed by atoms with E-state index in [4.69, 9.17) is 0 Å². The van der Waals surface area contributed by atoms with Crippen LogP contribution >= 0.6 is 0 Å². The third kappa shape index (κ3) is 3.33. The number of nitrogens with one attached hydrogen (secondary N) is 2. The average Bonchev–Trinajstić information content (AvgIpc) is 2.36. The van der Waals surface area contributed by atoms with Crippen molar-refractivity contribution in [3.8, 4) is 0 Å². The second kappa shape index (κ2) is 5.88. The Labute approximate surface area is 128 Å². The molecule has 22 heavy (non-hydrogen) atoms. The highest BCUT2D eigenvalue weighted by Crippen LogP contribution is 2.19. The van der Waals surface area contributed by atoms with Gasteiger partial charge < -0.3 is 0 Å². The van der Waals surface area contributed by atoms with Gasteiger partial charge in [0, 0.05) is 5.69 Å². The second-order valence-corrected chi connectivity index (χ2v) is 7.12. The largest absolute Gasteiger partial charge is 0.347 e. The molecule has 2 rings (SSSR count). The summed E-state index contributed by atoms with van der Waals surface area (Å²) in [6.45, 7) is 5.40. The Balaban J connectivity index is 2.26. The van der Waals surface area contributed by atoms with Crippen molar-refractivity contribution >= 4 is 33.4 Å². The van der Waals surface area contributed by atoms with Gasteiger partial charge in [0.05, 0.1) is 5.71 Å². The first-order valence-corrected chi connectivity index (χ1v) is 8.27. The van der Waals surface area contributed by atoms with Crippen LogP contribution < -0.4 is 10.0 Å². The van der Waals surface area contributed by atoms with Gasteiger partial charge in [0.2, 0.25) is 10.0 Å². The van der Waals surface area contributed by atoms with Crippen LogP contribution in [0.25, 0.3) is 0 Å². The molecular formula is C14H17N3O4S. The summed E-state index contributed by atoms with van der Waals surface area (Å²) in [7, 11) is -4.04. The van der Waals surface area contributed by atoms with E-state index < -0.39 is 27.2 Å². The lowest BCUT2D eigenvalue weighted by Crippen LogP contribution is -2.51. The number of benzene rings is 1. The van der Waals surface area contributed by atoms with Crippen LogP contribution in [0.15, 0.2) is 29.3 Å². The van der Waals surface area contributed by atoms with Gasteiger partial charge in [0.1, 0.15) is 0 Å². The second-order valence-electron chi connectivity index (χ2n) is 5.35. The minimum atomic E-state index is -4.04. The van der Waals surface area contributed by atoms with Gasteiger partial charge in [-0.3, -0.25) is 14.8 Å². The molecule has 0 radical (unpaired) electrons. The van der Waals surface area contributed by atoms with E-state index in [0.29, 0.717) is 11.6 Å². The van der Waals surface area contributed by atoms with Gasteiger partial charge in [0.15, 0.2) is 5.25 Å². The average molecular weight is 323 g/mol. The fourth-order valence-corrected chi connectivity index (χ4v) is 3.56. The fourth-order valence-electron chi connectivity index (χ4n) is 2.13. The summed E-state index contributed by atoms with van der Waals surface area (Å²) in [5.74, 6) is -0.570. The molecule has 1 aromatic rings. The van der Waals surface area contributed by atoms with Gasteiger partial charge in [-0.1, -0.05) is 26.0 Å². The van der Waals surface area contributed by atoms with Crippen molar-refractivity contribution < 1.29 is 18.0 Å². The quantitative estimate of drug-likeness (QED) is 0.878. The summed E-state index contributed by atoms with van der Waals surface area (Å²) in [6, 6.07) is 6.04. The summed E-state index contributed by atoms with van der Waals surface area (Å²) in [5.41, 5.74) is 1.36. The van der Waals surface area contributed by atoms with Crippen molar-refractivity contribution in [2.24, 2.45) is 4.99 Å². The zero-order chi connectivity index (χ0) is 16.5. The Bertz CT molecular complexity index is 736. The molecule has 2 N–H and O–H groups in total. The van der Waals surface area contributed by atoms with Crippen LogP contribution in [0.3, 0.4) is 0 Å². The van der Waals surface area contributed by atoms with E-state index in [2.05, 4.69) is 9.71 Å². The summed E-state index contributed by atoms with van der Waals surface area (Å²) in [5, 5.41) is 0.373. The highest BCUT2D eigenvalue weighted by Gasteiger charge is 2.39. The summed E-state index contributed by atoms with van der Waals surface area (Å²) < 4.78 is 27.0. The highest BCUT2D eigenvalue weighted by molar-refractivity contribution is 7.94. The molecule has 0 fully saturated rings. The van der Waals surface area contributed by atoms with Crippen LogP contribution in [-0.2, 0) is 14.8 Å². The molecule has 0 aliphatic carbocycles. The van der Waals surface area contributed by atoms with Crippen LogP contribution in [0, 0.1) is 0 Å². The number of nitrogens with zero attached hydrogens (tertiary/aromatic N) is 1.